The molecule has 1 fully saturated rings. The molecule has 0 spiro atoms. The Kier molecular flexibility index (Phi) is 2.94. The zero-order valence-corrected chi connectivity index (χ0v) is 10.1. The fourth-order valence-corrected chi connectivity index (χ4v) is 3.02. The molecule has 2 heterocycles. The third-order valence-corrected chi connectivity index (χ3v) is 4.22. The first-order valence-corrected chi connectivity index (χ1v) is 6.25. The van der Waals surface area contributed by atoms with Crippen LogP contribution in [0.15, 0.2) is 12.1 Å². The van der Waals surface area contributed by atoms with Crippen molar-refractivity contribution in [2.45, 2.75) is 26.7 Å². The first kappa shape index (κ1) is 10.8. The Labute approximate surface area is 94.7 Å². The van der Waals surface area contributed by atoms with Crippen molar-refractivity contribution in [3.8, 4) is 0 Å². The third kappa shape index (κ3) is 2.13. The van der Waals surface area contributed by atoms with Gasteiger partial charge in [-0.1, -0.05) is 6.92 Å². The van der Waals surface area contributed by atoms with E-state index in [1.807, 2.05) is 19.1 Å². The van der Waals surface area contributed by atoms with Crippen LogP contribution >= 0.6 is 11.3 Å². The predicted octanol–water partition coefficient (Wildman–Crippen LogP) is 2.63. The number of ketones is 1. The van der Waals surface area contributed by atoms with Gasteiger partial charge in [-0.2, -0.15) is 0 Å². The van der Waals surface area contributed by atoms with Gasteiger partial charge in [-0.05, 0) is 45.0 Å². The number of hydrogen-bond donors (Lipinski definition) is 1. The lowest BCUT2D eigenvalue weighted by Crippen LogP contribution is -2.39. The van der Waals surface area contributed by atoms with Crippen LogP contribution in [0.4, 0.5) is 0 Å². The summed E-state index contributed by atoms with van der Waals surface area (Å²) in [4.78, 5) is 14.5. The zero-order chi connectivity index (χ0) is 10.9. The predicted molar refractivity (Wildman–Crippen MR) is 63.6 cm³/mol. The quantitative estimate of drug-likeness (QED) is 0.781. The molecule has 0 unspecified atom stereocenters. The van der Waals surface area contributed by atoms with Crippen LogP contribution < -0.4 is 5.32 Å². The van der Waals surface area contributed by atoms with Gasteiger partial charge < -0.3 is 5.32 Å². The second-order valence-electron chi connectivity index (χ2n) is 4.55. The molecule has 2 rings (SSSR count). The van der Waals surface area contributed by atoms with Crippen molar-refractivity contribution < 1.29 is 4.79 Å². The molecule has 1 aliphatic heterocycles. The smallest absolute Gasteiger partial charge is 0.178 e. The summed E-state index contributed by atoms with van der Waals surface area (Å²) < 4.78 is 0. The maximum atomic E-state index is 12.3. The monoisotopic (exact) mass is 223 g/mol. The molecule has 1 N–H and O–H groups in total. The Bertz CT molecular complexity index is 363. The minimum absolute atomic E-state index is 0.136. The average molecular weight is 223 g/mol. The van der Waals surface area contributed by atoms with Gasteiger partial charge in [0.05, 0.1) is 4.88 Å². The molecular formula is C12H17NOS. The van der Waals surface area contributed by atoms with Crippen molar-refractivity contribution in [2.75, 3.05) is 13.1 Å². The second-order valence-corrected chi connectivity index (χ2v) is 5.84. The zero-order valence-electron chi connectivity index (χ0n) is 9.30. The molecule has 82 valence electrons. The number of nitrogens with one attached hydrogen (secondary N) is 1. The molecule has 0 atom stereocenters. The summed E-state index contributed by atoms with van der Waals surface area (Å²) in [5.41, 5.74) is -0.136. The Morgan fingerprint density at radius 1 is 1.40 bits per heavy atom. The van der Waals surface area contributed by atoms with Gasteiger partial charge in [0.25, 0.3) is 0 Å². The van der Waals surface area contributed by atoms with Crippen LogP contribution in [0.3, 0.4) is 0 Å². The number of hydrogen-bond acceptors (Lipinski definition) is 3. The molecule has 2 nitrogen and oxygen atoms in total. The van der Waals surface area contributed by atoms with E-state index < -0.39 is 0 Å². The molecule has 1 aromatic rings. The highest BCUT2D eigenvalue weighted by atomic mass is 32.1. The molecule has 0 saturated carbocycles. The van der Waals surface area contributed by atoms with Crippen LogP contribution in [-0.2, 0) is 0 Å². The van der Waals surface area contributed by atoms with E-state index in [0.717, 1.165) is 30.8 Å². The van der Waals surface area contributed by atoms with E-state index in [2.05, 4.69) is 12.2 Å². The minimum atomic E-state index is -0.136. The lowest BCUT2D eigenvalue weighted by molar-refractivity contribution is 0.0767. The summed E-state index contributed by atoms with van der Waals surface area (Å²) in [6.07, 6.45) is 1.92. The fraction of sp³-hybridized carbons (Fsp3) is 0.583. The van der Waals surface area contributed by atoms with Crippen LogP contribution in [0.1, 0.15) is 34.3 Å². The number of carbonyl (C=O) groups excluding carboxylic acids is 1. The summed E-state index contributed by atoms with van der Waals surface area (Å²) in [6.45, 7) is 6.08. The average Bonchev–Trinajstić information content (AvgIpc) is 2.65. The molecule has 0 bridgehead atoms. The molecule has 0 aromatic carbocycles. The summed E-state index contributed by atoms with van der Waals surface area (Å²) >= 11 is 1.62. The lowest BCUT2D eigenvalue weighted by Gasteiger charge is -2.32. The van der Waals surface area contributed by atoms with Gasteiger partial charge in [-0.3, -0.25) is 4.79 Å². The maximum absolute atomic E-state index is 12.3. The standard InChI is InChI=1S/C12H17NOS/c1-9-3-4-10(15-9)11(14)12(2)5-7-13-8-6-12/h3-4,13H,5-8H2,1-2H3. The third-order valence-electron chi connectivity index (χ3n) is 3.22. The van der Waals surface area contributed by atoms with Crippen LogP contribution in [0.25, 0.3) is 0 Å². The molecular weight excluding hydrogens is 206 g/mol. The number of aryl methyl sites for hydroxylation is 1. The Balaban J connectivity index is 2.19. The molecule has 1 aliphatic rings. The van der Waals surface area contributed by atoms with Crippen molar-refractivity contribution in [1.29, 1.82) is 0 Å². The second kappa shape index (κ2) is 4.06. The van der Waals surface area contributed by atoms with E-state index >= 15 is 0 Å². The summed E-state index contributed by atoms with van der Waals surface area (Å²) in [7, 11) is 0. The topological polar surface area (TPSA) is 29.1 Å². The van der Waals surface area contributed by atoms with Gasteiger partial charge in [-0.15, -0.1) is 11.3 Å². The van der Waals surface area contributed by atoms with Crippen LogP contribution in [-0.4, -0.2) is 18.9 Å². The first-order chi connectivity index (χ1) is 7.12. The molecule has 15 heavy (non-hydrogen) atoms. The molecule has 0 amide bonds. The van der Waals surface area contributed by atoms with Gasteiger partial charge in [0.2, 0.25) is 0 Å². The van der Waals surface area contributed by atoms with Crippen LogP contribution in [0, 0.1) is 12.3 Å². The number of Topliss-reactive ketones (excluding diaryl/α,β-unsaturated/α-hetero) is 1. The highest BCUT2D eigenvalue weighted by Crippen LogP contribution is 2.34. The minimum Gasteiger partial charge on any atom is -0.317 e. The molecule has 0 radical (unpaired) electrons. The largest absolute Gasteiger partial charge is 0.317 e. The van der Waals surface area contributed by atoms with Crippen molar-refractivity contribution >= 4 is 17.1 Å². The van der Waals surface area contributed by atoms with E-state index in [9.17, 15) is 4.79 Å². The SMILES string of the molecule is Cc1ccc(C(=O)C2(C)CCNCC2)s1. The Morgan fingerprint density at radius 3 is 2.60 bits per heavy atom. The van der Waals surface area contributed by atoms with Gasteiger partial charge >= 0.3 is 0 Å². The number of rotatable bonds is 2. The number of carbonyl (C=O) groups is 1. The van der Waals surface area contributed by atoms with Crippen LogP contribution in [0.2, 0.25) is 0 Å². The van der Waals surface area contributed by atoms with Crippen molar-refractivity contribution in [3.63, 3.8) is 0 Å². The van der Waals surface area contributed by atoms with E-state index in [-0.39, 0.29) is 5.41 Å². The highest BCUT2D eigenvalue weighted by Gasteiger charge is 2.35. The van der Waals surface area contributed by atoms with E-state index in [0.29, 0.717) is 5.78 Å². The van der Waals surface area contributed by atoms with Gasteiger partial charge in [0.15, 0.2) is 5.78 Å². The van der Waals surface area contributed by atoms with Crippen molar-refractivity contribution in [2.24, 2.45) is 5.41 Å². The van der Waals surface area contributed by atoms with Gasteiger partial charge in [0.1, 0.15) is 0 Å². The van der Waals surface area contributed by atoms with E-state index in [1.165, 1.54) is 4.88 Å². The van der Waals surface area contributed by atoms with Crippen molar-refractivity contribution in [3.05, 3.63) is 21.9 Å². The fourth-order valence-electron chi connectivity index (χ4n) is 2.06. The van der Waals surface area contributed by atoms with E-state index in [4.69, 9.17) is 0 Å². The maximum Gasteiger partial charge on any atom is 0.178 e. The van der Waals surface area contributed by atoms with E-state index in [1.54, 1.807) is 11.3 Å². The normalized spacial score (nSPS) is 20.1. The molecule has 1 aromatic heterocycles. The van der Waals surface area contributed by atoms with Crippen LogP contribution in [0.5, 0.6) is 0 Å². The van der Waals surface area contributed by atoms with Gasteiger partial charge in [-0.25, -0.2) is 0 Å². The Morgan fingerprint density at radius 2 is 2.07 bits per heavy atom. The summed E-state index contributed by atoms with van der Waals surface area (Å²) in [5.74, 6) is 0.335. The highest BCUT2D eigenvalue weighted by molar-refractivity contribution is 7.14. The molecule has 0 aliphatic carbocycles. The number of piperidine rings is 1. The summed E-state index contributed by atoms with van der Waals surface area (Å²) in [6, 6.07) is 4.00. The first-order valence-electron chi connectivity index (χ1n) is 5.44. The van der Waals surface area contributed by atoms with Gasteiger partial charge in [0, 0.05) is 10.3 Å². The molecule has 3 heteroatoms. The molecule has 1 saturated heterocycles. The summed E-state index contributed by atoms with van der Waals surface area (Å²) in [5, 5.41) is 3.30. The Hall–Kier alpha value is -0.670. The van der Waals surface area contributed by atoms with Crippen molar-refractivity contribution in [1.82, 2.24) is 5.32 Å². The lowest BCUT2D eigenvalue weighted by atomic mass is 9.77. The number of thiophene rings is 1.